The Morgan fingerprint density at radius 3 is 2.34 bits per heavy atom. The molecule has 0 spiro atoms. The summed E-state index contributed by atoms with van der Waals surface area (Å²) in [7, 11) is 0. The fraction of sp³-hybridized carbons (Fsp3) is 0.593. The van der Waals surface area contributed by atoms with Crippen molar-refractivity contribution < 1.29 is 32.6 Å². The van der Waals surface area contributed by atoms with E-state index in [1.807, 2.05) is 18.7 Å². The molecule has 0 bridgehead atoms. The molecule has 0 aliphatic carbocycles. The molecular formula is C27H39F2N7O5. The van der Waals surface area contributed by atoms with E-state index in [-0.39, 0.29) is 37.4 Å². The number of alkyl halides is 2. The first kappa shape index (κ1) is 31.9. The number of nitrogens with zero attached hydrogens (tertiary/aromatic N) is 5. The van der Waals surface area contributed by atoms with Crippen LogP contribution in [0.15, 0.2) is 24.3 Å². The van der Waals surface area contributed by atoms with E-state index < -0.39 is 36.0 Å². The SMILES string of the molecule is CC(=O)NNC(=O)[C@@H]1CN([C@H](C)C(C)OCc2c(C)nnn2-c2ccc(C(F)F)cc2)CCN1C(=O)OC(C)(C)C. The lowest BCUT2D eigenvalue weighted by Gasteiger charge is -2.44. The van der Waals surface area contributed by atoms with E-state index in [1.165, 1.54) is 24.0 Å². The number of rotatable bonds is 8. The minimum atomic E-state index is -2.56. The number of nitrogens with one attached hydrogen (secondary N) is 2. The highest BCUT2D eigenvalue weighted by atomic mass is 19.3. The zero-order chi connectivity index (χ0) is 30.5. The summed E-state index contributed by atoms with van der Waals surface area (Å²) in [6, 6.07) is 4.73. The van der Waals surface area contributed by atoms with Crippen molar-refractivity contribution in [1.82, 2.24) is 35.6 Å². The minimum Gasteiger partial charge on any atom is -0.444 e. The third kappa shape index (κ3) is 8.43. The van der Waals surface area contributed by atoms with Gasteiger partial charge in [0.25, 0.3) is 12.3 Å². The van der Waals surface area contributed by atoms with Crippen LogP contribution in [0.25, 0.3) is 5.69 Å². The van der Waals surface area contributed by atoms with Gasteiger partial charge >= 0.3 is 6.09 Å². The summed E-state index contributed by atoms with van der Waals surface area (Å²) in [4.78, 5) is 40.6. The Labute approximate surface area is 238 Å². The lowest BCUT2D eigenvalue weighted by Crippen LogP contribution is -2.64. The van der Waals surface area contributed by atoms with Crippen molar-refractivity contribution in [2.75, 3.05) is 19.6 Å². The Balaban J connectivity index is 1.69. The maximum absolute atomic E-state index is 13.0. The number of amides is 3. The fourth-order valence-corrected chi connectivity index (χ4v) is 4.33. The quantitative estimate of drug-likeness (QED) is 0.457. The number of hydrazine groups is 1. The second-order valence-electron chi connectivity index (χ2n) is 11.0. The Morgan fingerprint density at radius 1 is 1.10 bits per heavy atom. The number of aromatic nitrogens is 3. The van der Waals surface area contributed by atoms with Crippen molar-refractivity contribution >= 4 is 17.9 Å². The largest absolute Gasteiger partial charge is 0.444 e. The highest BCUT2D eigenvalue weighted by Crippen LogP contribution is 2.23. The lowest BCUT2D eigenvalue weighted by molar-refractivity contribution is -0.134. The van der Waals surface area contributed by atoms with E-state index in [2.05, 4.69) is 21.2 Å². The zero-order valence-corrected chi connectivity index (χ0v) is 24.5. The third-order valence-corrected chi connectivity index (χ3v) is 6.79. The number of piperazine rings is 1. The van der Waals surface area contributed by atoms with E-state index in [4.69, 9.17) is 9.47 Å². The van der Waals surface area contributed by atoms with Gasteiger partial charge in [-0.15, -0.1) is 5.10 Å². The predicted octanol–water partition coefficient (Wildman–Crippen LogP) is 2.90. The summed E-state index contributed by atoms with van der Waals surface area (Å²) in [5, 5.41) is 8.27. The summed E-state index contributed by atoms with van der Waals surface area (Å²) in [5.41, 5.74) is 5.72. The van der Waals surface area contributed by atoms with Crippen LogP contribution in [0, 0.1) is 6.92 Å². The van der Waals surface area contributed by atoms with Gasteiger partial charge in [0, 0.05) is 38.2 Å². The van der Waals surface area contributed by atoms with Crippen LogP contribution in [0.4, 0.5) is 13.6 Å². The molecule has 1 aromatic heterocycles. The van der Waals surface area contributed by atoms with Crippen LogP contribution in [0.2, 0.25) is 0 Å². The molecule has 1 aromatic carbocycles. The summed E-state index contributed by atoms with van der Waals surface area (Å²) < 4.78 is 39.2. The van der Waals surface area contributed by atoms with E-state index in [9.17, 15) is 23.2 Å². The average Bonchev–Trinajstić information content (AvgIpc) is 3.28. The average molecular weight is 580 g/mol. The van der Waals surface area contributed by atoms with E-state index in [1.54, 1.807) is 44.5 Å². The number of carbonyl (C=O) groups is 3. The molecule has 41 heavy (non-hydrogen) atoms. The maximum atomic E-state index is 13.0. The second-order valence-corrected chi connectivity index (χ2v) is 11.0. The van der Waals surface area contributed by atoms with E-state index in [0.29, 0.717) is 23.6 Å². The topological polar surface area (TPSA) is 131 Å². The molecule has 1 fully saturated rings. The van der Waals surface area contributed by atoms with Crippen LogP contribution < -0.4 is 10.9 Å². The van der Waals surface area contributed by atoms with Crippen molar-refractivity contribution in [3.05, 3.63) is 41.2 Å². The van der Waals surface area contributed by atoms with Crippen LogP contribution >= 0.6 is 0 Å². The molecular weight excluding hydrogens is 540 g/mol. The number of carbonyl (C=O) groups excluding carboxylic acids is 3. The van der Waals surface area contributed by atoms with Crippen LogP contribution in [-0.4, -0.2) is 86.1 Å². The Hall–Kier alpha value is -3.65. The normalized spacial score (nSPS) is 17.7. The minimum absolute atomic E-state index is 0.0818. The van der Waals surface area contributed by atoms with Gasteiger partial charge in [0.15, 0.2) is 0 Å². The number of halogens is 2. The highest BCUT2D eigenvalue weighted by Gasteiger charge is 2.39. The molecule has 2 heterocycles. The Bertz CT molecular complexity index is 1220. The highest BCUT2D eigenvalue weighted by molar-refractivity contribution is 5.88. The number of hydrogen-bond donors (Lipinski definition) is 2. The molecule has 3 atom stereocenters. The molecule has 0 saturated carbocycles. The standard InChI is InChI=1S/C27H39F2N7O5/c1-16-23(36(33-30-16)21-10-8-20(9-11-21)24(28)29)15-40-18(3)17(2)34-12-13-35(26(39)41-27(5,6)7)22(14-34)25(38)32-31-19(4)37/h8-11,17-18,22,24H,12-15H2,1-7H3,(H,31,37)(H,32,38)/t17-,18?,22+/m1/s1. The molecule has 1 saturated heterocycles. The first-order chi connectivity index (χ1) is 19.2. The predicted molar refractivity (Wildman–Crippen MR) is 145 cm³/mol. The number of benzene rings is 1. The Morgan fingerprint density at radius 2 is 1.76 bits per heavy atom. The molecule has 226 valence electrons. The van der Waals surface area contributed by atoms with Gasteiger partial charge in [-0.1, -0.05) is 17.3 Å². The molecule has 1 unspecified atom stereocenters. The molecule has 0 radical (unpaired) electrons. The van der Waals surface area contributed by atoms with Crippen LogP contribution in [0.3, 0.4) is 0 Å². The van der Waals surface area contributed by atoms with Crippen molar-refractivity contribution in [3.8, 4) is 5.69 Å². The maximum Gasteiger partial charge on any atom is 0.411 e. The van der Waals surface area contributed by atoms with Crippen molar-refractivity contribution in [3.63, 3.8) is 0 Å². The molecule has 1 aliphatic rings. The molecule has 2 N–H and O–H groups in total. The van der Waals surface area contributed by atoms with Crippen LogP contribution in [-0.2, 0) is 25.7 Å². The molecule has 1 aliphatic heterocycles. The fourth-order valence-electron chi connectivity index (χ4n) is 4.33. The van der Waals surface area contributed by atoms with Gasteiger partial charge in [-0.05, 0) is 53.7 Å². The van der Waals surface area contributed by atoms with Gasteiger partial charge in [0.2, 0.25) is 5.91 Å². The summed E-state index contributed by atoms with van der Waals surface area (Å²) in [5.74, 6) is -0.987. The molecule has 2 aromatic rings. The zero-order valence-electron chi connectivity index (χ0n) is 24.5. The van der Waals surface area contributed by atoms with Crippen LogP contribution in [0.1, 0.15) is 64.9 Å². The summed E-state index contributed by atoms with van der Waals surface area (Å²) in [6.07, 6.45) is -3.49. The van der Waals surface area contributed by atoms with E-state index >= 15 is 0 Å². The van der Waals surface area contributed by atoms with Gasteiger partial charge in [-0.25, -0.2) is 18.3 Å². The first-order valence-electron chi connectivity index (χ1n) is 13.4. The number of ether oxygens (including phenoxy) is 2. The van der Waals surface area contributed by atoms with E-state index in [0.717, 1.165) is 0 Å². The number of aryl methyl sites for hydroxylation is 1. The lowest BCUT2D eigenvalue weighted by atomic mass is 10.1. The van der Waals surface area contributed by atoms with Gasteiger partial charge in [0.1, 0.15) is 11.6 Å². The second kappa shape index (κ2) is 13.3. The van der Waals surface area contributed by atoms with Gasteiger partial charge < -0.3 is 9.47 Å². The molecule has 3 amide bonds. The van der Waals surface area contributed by atoms with Crippen LogP contribution in [0.5, 0.6) is 0 Å². The summed E-state index contributed by atoms with van der Waals surface area (Å²) >= 11 is 0. The monoisotopic (exact) mass is 579 g/mol. The number of hydrogen-bond acceptors (Lipinski definition) is 8. The first-order valence-corrected chi connectivity index (χ1v) is 13.4. The van der Waals surface area contributed by atoms with Gasteiger partial charge in [-0.3, -0.25) is 30.2 Å². The van der Waals surface area contributed by atoms with Crippen molar-refractivity contribution in [1.29, 1.82) is 0 Å². The molecule has 3 rings (SSSR count). The molecule has 14 heteroatoms. The smallest absolute Gasteiger partial charge is 0.411 e. The van der Waals surface area contributed by atoms with Gasteiger partial charge in [0.05, 0.1) is 29.8 Å². The molecule has 12 nitrogen and oxygen atoms in total. The Kier molecular flexibility index (Phi) is 10.4. The summed E-state index contributed by atoms with van der Waals surface area (Å²) in [6.45, 7) is 13.2. The van der Waals surface area contributed by atoms with Gasteiger partial charge in [-0.2, -0.15) is 0 Å². The third-order valence-electron chi connectivity index (χ3n) is 6.79. The van der Waals surface area contributed by atoms with Crippen molar-refractivity contribution in [2.24, 2.45) is 0 Å². The van der Waals surface area contributed by atoms with Crippen molar-refractivity contribution in [2.45, 2.75) is 85.3 Å².